The summed E-state index contributed by atoms with van der Waals surface area (Å²) in [6.07, 6.45) is 13.7. The molecule has 0 aromatic heterocycles. The maximum atomic E-state index is 11.9. The van der Waals surface area contributed by atoms with Gasteiger partial charge in [0.2, 0.25) is 0 Å². The van der Waals surface area contributed by atoms with Crippen LogP contribution in [0.1, 0.15) is 120 Å². The van der Waals surface area contributed by atoms with Crippen LogP contribution in [0, 0.1) is 56.2 Å². The van der Waals surface area contributed by atoms with E-state index < -0.39 is 0 Å². The molecule has 5 aliphatic carbocycles. The second-order valence-electron chi connectivity index (χ2n) is 16.2. The molecule has 0 unspecified atom stereocenters. The second kappa shape index (κ2) is 7.29. The highest BCUT2D eigenvalue weighted by Crippen LogP contribution is 2.78. The van der Waals surface area contributed by atoms with Crippen LogP contribution in [0.2, 0.25) is 0 Å². The van der Waals surface area contributed by atoms with Gasteiger partial charge in [0.1, 0.15) is 6.10 Å². The quantitative estimate of drug-likeness (QED) is 0.356. The largest absolute Gasteiger partial charge is 0.462 e. The minimum atomic E-state index is -0.108. The highest BCUT2D eigenvalue weighted by molar-refractivity contribution is 5.66. The summed E-state index contributed by atoms with van der Waals surface area (Å²) >= 11 is 0. The SMILES string of the molecule is CC(=O)O[C@H]1CC[C@]2(C)[C@H](CC[C@]3(C)[C@H]2CC[C@@H]2[C@@H]4[C@H]5OC[C@@]4(CCC5(C)C)CC[C@@]23C)C1(C)C. The first-order valence-corrected chi connectivity index (χ1v) is 15.0. The molecule has 198 valence electrons. The third-order valence-electron chi connectivity index (χ3n) is 14.4. The normalized spacial score (nSPS) is 55.7. The van der Waals surface area contributed by atoms with Crippen LogP contribution in [0.25, 0.3) is 0 Å². The molecule has 1 heterocycles. The van der Waals surface area contributed by atoms with Gasteiger partial charge in [-0.25, -0.2) is 0 Å². The molecule has 35 heavy (non-hydrogen) atoms. The molecule has 6 aliphatic rings. The Kier molecular flexibility index (Phi) is 5.16. The Morgan fingerprint density at radius 2 is 1.49 bits per heavy atom. The number of rotatable bonds is 1. The Balaban J connectivity index is 1.35. The summed E-state index contributed by atoms with van der Waals surface area (Å²) in [6, 6.07) is 0. The fourth-order valence-corrected chi connectivity index (χ4v) is 12.4. The zero-order valence-corrected chi connectivity index (χ0v) is 24.0. The average molecular weight is 485 g/mol. The van der Waals surface area contributed by atoms with Crippen molar-refractivity contribution in [3.8, 4) is 0 Å². The van der Waals surface area contributed by atoms with Gasteiger partial charge in [-0.1, -0.05) is 48.5 Å². The molecule has 0 N–H and O–H groups in total. The van der Waals surface area contributed by atoms with Crippen molar-refractivity contribution in [2.75, 3.05) is 6.61 Å². The molecule has 0 amide bonds. The standard InChI is InChI=1S/C32H52O3/c1-20(33)35-24-12-13-29(6)22(28(24,4)5)11-14-31(8)23(29)10-9-21-25-26-27(2,3)15-17-32(25,19-34-26)18-16-30(21,31)7/h21-26H,9-19H2,1-8H3/t21-,22-,23+,24+,25-,26-,29-,30+,31-,32-/m1/s1. The molecule has 3 heteroatoms. The van der Waals surface area contributed by atoms with Crippen molar-refractivity contribution in [3.63, 3.8) is 0 Å². The van der Waals surface area contributed by atoms with Crippen LogP contribution in [-0.2, 0) is 14.3 Å². The highest BCUT2D eigenvalue weighted by atomic mass is 16.5. The molecular formula is C32H52O3. The third-order valence-corrected chi connectivity index (χ3v) is 14.4. The van der Waals surface area contributed by atoms with Crippen LogP contribution >= 0.6 is 0 Å². The Morgan fingerprint density at radius 3 is 2.20 bits per heavy atom. The summed E-state index contributed by atoms with van der Waals surface area (Å²) in [6.45, 7) is 20.5. The van der Waals surface area contributed by atoms with Crippen molar-refractivity contribution in [1.82, 2.24) is 0 Å². The van der Waals surface area contributed by atoms with Crippen LogP contribution in [0.4, 0.5) is 0 Å². The first-order valence-electron chi connectivity index (χ1n) is 15.0. The lowest BCUT2D eigenvalue weighted by Gasteiger charge is -2.73. The Labute approximate surface area is 214 Å². The van der Waals surface area contributed by atoms with E-state index in [-0.39, 0.29) is 17.5 Å². The van der Waals surface area contributed by atoms with Gasteiger partial charge in [0.25, 0.3) is 0 Å². The minimum absolute atomic E-state index is 0.0503. The van der Waals surface area contributed by atoms with Crippen LogP contribution < -0.4 is 0 Å². The second-order valence-corrected chi connectivity index (χ2v) is 16.2. The van der Waals surface area contributed by atoms with Crippen molar-refractivity contribution in [1.29, 1.82) is 0 Å². The lowest BCUT2D eigenvalue weighted by atomic mass is 9.31. The van der Waals surface area contributed by atoms with Crippen molar-refractivity contribution in [2.45, 2.75) is 132 Å². The van der Waals surface area contributed by atoms with E-state index in [1.807, 2.05) is 0 Å². The fraction of sp³-hybridized carbons (Fsp3) is 0.969. The van der Waals surface area contributed by atoms with Crippen molar-refractivity contribution in [3.05, 3.63) is 0 Å². The van der Waals surface area contributed by atoms with Gasteiger partial charge >= 0.3 is 5.97 Å². The van der Waals surface area contributed by atoms with Gasteiger partial charge in [-0.2, -0.15) is 0 Å². The molecule has 10 atom stereocenters. The number of esters is 1. The van der Waals surface area contributed by atoms with Gasteiger partial charge in [0, 0.05) is 12.3 Å². The van der Waals surface area contributed by atoms with Crippen molar-refractivity contribution in [2.24, 2.45) is 56.2 Å². The summed E-state index contributed by atoms with van der Waals surface area (Å²) < 4.78 is 12.7. The van der Waals surface area contributed by atoms with Gasteiger partial charge < -0.3 is 9.47 Å². The van der Waals surface area contributed by atoms with Crippen LogP contribution in [-0.4, -0.2) is 24.8 Å². The van der Waals surface area contributed by atoms with E-state index >= 15 is 0 Å². The van der Waals surface area contributed by atoms with Gasteiger partial charge in [0.05, 0.1) is 12.7 Å². The predicted octanol–water partition coefficient (Wildman–Crippen LogP) is 7.81. The lowest BCUT2D eigenvalue weighted by molar-refractivity contribution is -0.254. The minimum Gasteiger partial charge on any atom is -0.462 e. The van der Waals surface area contributed by atoms with E-state index in [1.54, 1.807) is 6.92 Å². The van der Waals surface area contributed by atoms with Crippen molar-refractivity contribution < 1.29 is 14.3 Å². The maximum absolute atomic E-state index is 11.9. The molecule has 1 aliphatic heterocycles. The number of ether oxygens (including phenoxy) is 2. The first-order chi connectivity index (χ1) is 16.2. The topological polar surface area (TPSA) is 35.5 Å². The first kappa shape index (κ1) is 24.7. The van der Waals surface area contributed by atoms with E-state index in [0.29, 0.717) is 39.1 Å². The zero-order valence-electron chi connectivity index (χ0n) is 24.0. The molecule has 0 aromatic carbocycles. The summed E-state index contributed by atoms with van der Waals surface area (Å²) in [7, 11) is 0. The number of carbonyl (C=O) groups is 1. The van der Waals surface area contributed by atoms with E-state index in [1.165, 1.54) is 57.8 Å². The molecule has 0 spiro atoms. The summed E-state index contributed by atoms with van der Waals surface area (Å²) in [5.74, 6) is 2.88. The lowest BCUT2D eigenvalue weighted by Crippen LogP contribution is -2.67. The smallest absolute Gasteiger partial charge is 0.302 e. The maximum Gasteiger partial charge on any atom is 0.302 e. The van der Waals surface area contributed by atoms with Gasteiger partial charge in [-0.15, -0.1) is 0 Å². The van der Waals surface area contributed by atoms with E-state index in [2.05, 4.69) is 48.5 Å². The molecule has 1 saturated heterocycles. The predicted molar refractivity (Wildman–Crippen MR) is 140 cm³/mol. The molecule has 5 saturated carbocycles. The molecule has 6 rings (SSSR count). The molecule has 6 fully saturated rings. The van der Waals surface area contributed by atoms with Crippen LogP contribution in [0.3, 0.4) is 0 Å². The van der Waals surface area contributed by atoms with E-state index in [4.69, 9.17) is 9.47 Å². The van der Waals surface area contributed by atoms with Crippen LogP contribution in [0.15, 0.2) is 0 Å². The molecule has 0 aromatic rings. The summed E-state index contributed by atoms with van der Waals surface area (Å²) in [5, 5.41) is 0. The third kappa shape index (κ3) is 2.97. The van der Waals surface area contributed by atoms with Crippen molar-refractivity contribution >= 4 is 5.97 Å². The number of fused-ring (bicyclic) bond motifs is 5. The molecule has 2 bridgehead atoms. The Bertz CT molecular complexity index is 906. The summed E-state index contributed by atoms with van der Waals surface area (Å²) in [4.78, 5) is 11.9. The zero-order chi connectivity index (χ0) is 25.2. The van der Waals surface area contributed by atoms with Gasteiger partial charge in [0.15, 0.2) is 0 Å². The monoisotopic (exact) mass is 484 g/mol. The van der Waals surface area contributed by atoms with E-state index in [9.17, 15) is 4.79 Å². The molecule has 3 nitrogen and oxygen atoms in total. The van der Waals surface area contributed by atoms with Gasteiger partial charge in [-0.05, 0) is 115 Å². The summed E-state index contributed by atoms with van der Waals surface area (Å²) in [5.41, 5.74) is 2.00. The highest BCUT2D eigenvalue weighted by Gasteiger charge is 2.72. The average Bonchev–Trinajstić information content (AvgIpc) is 3.10. The number of carbonyl (C=O) groups excluding carboxylic acids is 1. The molecular weight excluding hydrogens is 432 g/mol. The Morgan fingerprint density at radius 1 is 0.771 bits per heavy atom. The van der Waals surface area contributed by atoms with E-state index in [0.717, 1.165) is 30.8 Å². The Hall–Kier alpha value is -0.570. The number of hydrogen-bond donors (Lipinski definition) is 0. The molecule has 0 radical (unpaired) electrons. The fourth-order valence-electron chi connectivity index (χ4n) is 12.4. The van der Waals surface area contributed by atoms with Crippen LogP contribution in [0.5, 0.6) is 0 Å². The number of hydrogen-bond acceptors (Lipinski definition) is 3. The van der Waals surface area contributed by atoms with Gasteiger partial charge in [-0.3, -0.25) is 4.79 Å².